The molecular formula is C24H29ClN4O2S2. The summed E-state index contributed by atoms with van der Waals surface area (Å²) in [6.45, 7) is 2.29. The van der Waals surface area contributed by atoms with Crippen LogP contribution in [0.4, 0.5) is 11.6 Å². The Kier molecular flexibility index (Phi) is 10.7. The third kappa shape index (κ3) is 8.08. The van der Waals surface area contributed by atoms with Gasteiger partial charge in [-0.3, -0.25) is 0 Å². The number of piperidine rings is 1. The first-order valence-electron chi connectivity index (χ1n) is 10.5. The number of carboxylic acids is 1. The van der Waals surface area contributed by atoms with Gasteiger partial charge in [-0.15, -0.1) is 23.7 Å². The summed E-state index contributed by atoms with van der Waals surface area (Å²) in [5.41, 5.74) is 1.00. The molecule has 176 valence electrons. The highest BCUT2D eigenvalue weighted by Gasteiger charge is 2.21. The zero-order chi connectivity index (χ0) is 22.9. The van der Waals surface area contributed by atoms with E-state index >= 15 is 0 Å². The van der Waals surface area contributed by atoms with Crippen molar-refractivity contribution in [3.63, 3.8) is 0 Å². The van der Waals surface area contributed by atoms with Gasteiger partial charge in [-0.1, -0.05) is 54.7 Å². The molecular weight excluding hydrogens is 476 g/mol. The third-order valence-corrected chi connectivity index (χ3v) is 6.54. The minimum Gasteiger partial charge on any atom is -0.477 e. The number of rotatable bonds is 5. The van der Waals surface area contributed by atoms with Crippen molar-refractivity contribution < 1.29 is 9.90 Å². The summed E-state index contributed by atoms with van der Waals surface area (Å²) in [5.74, 6) is 0.937. The Morgan fingerprint density at radius 2 is 1.82 bits per heavy atom. The minimum atomic E-state index is -0.847. The van der Waals surface area contributed by atoms with Crippen LogP contribution < -0.4 is 10.2 Å². The van der Waals surface area contributed by atoms with E-state index in [1.54, 1.807) is 17.5 Å². The van der Waals surface area contributed by atoms with Gasteiger partial charge in [0, 0.05) is 18.7 Å². The van der Waals surface area contributed by atoms with Crippen LogP contribution in [0.2, 0.25) is 0 Å². The van der Waals surface area contributed by atoms with E-state index in [1.807, 2.05) is 42.5 Å². The maximum absolute atomic E-state index is 10.1. The Balaban J connectivity index is 0.000000364. The van der Waals surface area contributed by atoms with Crippen LogP contribution >= 0.6 is 36.0 Å². The second-order valence-electron chi connectivity index (χ2n) is 7.63. The molecule has 0 aliphatic carbocycles. The van der Waals surface area contributed by atoms with Gasteiger partial charge in [0.05, 0.1) is 0 Å². The zero-order valence-electron chi connectivity index (χ0n) is 18.7. The lowest BCUT2D eigenvalue weighted by Gasteiger charge is -2.35. The molecule has 4 rings (SSSR count). The van der Waals surface area contributed by atoms with Gasteiger partial charge in [0.15, 0.2) is 0 Å². The van der Waals surface area contributed by atoms with Crippen molar-refractivity contribution in [2.24, 2.45) is 0 Å². The number of hydrogen-bond acceptors (Lipinski definition) is 6. The second-order valence-corrected chi connectivity index (χ2v) is 8.98. The fourth-order valence-corrected chi connectivity index (χ4v) is 4.24. The lowest BCUT2D eigenvalue weighted by Crippen LogP contribution is -2.42. The molecule has 3 heterocycles. The molecule has 0 saturated carbocycles. The summed E-state index contributed by atoms with van der Waals surface area (Å²) < 4.78 is 0. The number of carbonyl (C=O) groups is 1. The fraction of sp³-hybridized carbons (Fsp3) is 0.292. The summed E-state index contributed by atoms with van der Waals surface area (Å²) in [4.78, 5) is 20.6. The van der Waals surface area contributed by atoms with E-state index in [-0.39, 0.29) is 12.4 Å². The number of aromatic carboxylic acids is 1. The average molecular weight is 505 g/mol. The number of thiocarbonyl (C=S) groups is 1. The zero-order valence-corrected chi connectivity index (χ0v) is 21.1. The van der Waals surface area contributed by atoms with E-state index in [0.717, 1.165) is 30.3 Å². The lowest BCUT2D eigenvalue weighted by molar-refractivity contribution is 0.0702. The summed E-state index contributed by atoms with van der Waals surface area (Å²) in [6.07, 6.45) is 2.35. The van der Waals surface area contributed by atoms with Crippen molar-refractivity contribution in [3.05, 3.63) is 76.5 Å². The number of aromatic nitrogens is 1. The number of thiophene rings is 1. The summed E-state index contributed by atoms with van der Waals surface area (Å²) in [5, 5.41) is 13.3. The van der Waals surface area contributed by atoms with Crippen molar-refractivity contribution in [1.82, 2.24) is 9.88 Å². The summed E-state index contributed by atoms with van der Waals surface area (Å²) >= 11 is 6.71. The van der Waals surface area contributed by atoms with Crippen LogP contribution in [0.1, 0.15) is 28.1 Å². The van der Waals surface area contributed by atoms with Gasteiger partial charge >= 0.3 is 5.97 Å². The smallest absolute Gasteiger partial charge is 0.345 e. The molecule has 2 aromatic heterocycles. The molecule has 1 aliphatic heterocycles. The van der Waals surface area contributed by atoms with Crippen molar-refractivity contribution in [3.8, 4) is 0 Å². The molecule has 0 amide bonds. The molecule has 3 aromatic rings. The highest BCUT2D eigenvalue weighted by atomic mass is 35.5. The molecule has 33 heavy (non-hydrogen) atoms. The van der Waals surface area contributed by atoms with E-state index in [1.165, 1.54) is 24.2 Å². The van der Waals surface area contributed by atoms with E-state index in [2.05, 4.69) is 35.3 Å². The molecule has 1 fully saturated rings. The number of hydrogen-bond donors (Lipinski definition) is 2. The third-order valence-electron chi connectivity index (χ3n) is 5.34. The van der Waals surface area contributed by atoms with Gasteiger partial charge in [0.2, 0.25) is 0 Å². The largest absolute Gasteiger partial charge is 0.477 e. The number of nitrogens with zero attached hydrogens (tertiary/aromatic N) is 3. The Morgan fingerprint density at radius 1 is 1.12 bits per heavy atom. The molecule has 0 spiro atoms. The Morgan fingerprint density at radius 3 is 2.39 bits per heavy atom. The molecule has 0 radical (unpaired) electrons. The minimum absolute atomic E-state index is 0. The van der Waals surface area contributed by atoms with Gasteiger partial charge in [-0.2, -0.15) is 0 Å². The molecule has 1 aliphatic rings. The number of carboxylic acid groups (broad SMARTS) is 1. The van der Waals surface area contributed by atoms with E-state index in [9.17, 15) is 4.79 Å². The highest BCUT2D eigenvalue weighted by Crippen LogP contribution is 2.21. The number of halogens is 1. The van der Waals surface area contributed by atoms with Crippen molar-refractivity contribution >= 4 is 58.6 Å². The van der Waals surface area contributed by atoms with Gasteiger partial charge in [0.25, 0.3) is 0 Å². The molecule has 0 atom stereocenters. The first-order chi connectivity index (χ1) is 15.4. The monoisotopic (exact) mass is 504 g/mol. The Bertz CT molecular complexity index is 1010. The number of anilines is 2. The highest BCUT2D eigenvalue weighted by molar-refractivity contribution is 7.81. The van der Waals surface area contributed by atoms with Crippen LogP contribution in [0.3, 0.4) is 0 Å². The molecule has 9 heteroatoms. The average Bonchev–Trinajstić information content (AvgIpc) is 3.36. The molecule has 0 bridgehead atoms. The van der Waals surface area contributed by atoms with Crippen molar-refractivity contribution in [1.29, 1.82) is 0 Å². The van der Waals surface area contributed by atoms with E-state index in [0.29, 0.717) is 15.9 Å². The number of nitrogens with one attached hydrogen (secondary N) is 1. The van der Waals surface area contributed by atoms with Gasteiger partial charge < -0.3 is 20.2 Å². The standard InChI is InChI=1S/C19H24N4S.C5H4O2S.ClH/c1-22-13-11-16(12-14-22)23(2)18-10-6-9-17(20-18)21-19(24)15-7-4-3-5-8-15;6-5(7)4-2-1-3-8-4;/h3-10,16H,11-14H2,1-2H3,(H,20,21,24);1-3H,(H,6,7);1H. The molecule has 1 saturated heterocycles. The van der Waals surface area contributed by atoms with Crippen molar-refractivity contribution in [2.45, 2.75) is 18.9 Å². The van der Waals surface area contributed by atoms with Crippen LogP contribution in [0.15, 0.2) is 66.0 Å². The van der Waals surface area contributed by atoms with Crippen LogP contribution in [0.25, 0.3) is 0 Å². The van der Waals surface area contributed by atoms with Crippen LogP contribution in [-0.4, -0.2) is 59.2 Å². The van der Waals surface area contributed by atoms with Gasteiger partial charge in [0.1, 0.15) is 21.5 Å². The topological polar surface area (TPSA) is 68.7 Å². The molecule has 6 nitrogen and oxygen atoms in total. The van der Waals surface area contributed by atoms with E-state index < -0.39 is 5.97 Å². The maximum atomic E-state index is 10.1. The molecule has 0 unspecified atom stereocenters. The van der Waals surface area contributed by atoms with Gasteiger partial charge in [-0.05, 0) is 56.6 Å². The Labute approximate surface area is 210 Å². The lowest BCUT2D eigenvalue weighted by atomic mass is 10.0. The van der Waals surface area contributed by atoms with E-state index in [4.69, 9.17) is 22.3 Å². The SMILES string of the molecule is CN1CCC(N(C)c2cccc(NC(=S)c3ccccc3)n2)CC1.Cl.O=C(O)c1cccs1. The summed E-state index contributed by atoms with van der Waals surface area (Å²) in [6, 6.07) is 19.9. The normalized spacial score (nSPS) is 13.8. The Hall–Kier alpha value is -2.52. The molecule has 2 N–H and O–H groups in total. The summed E-state index contributed by atoms with van der Waals surface area (Å²) in [7, 11) is 4.32. The fourth-order valence-electron chi connectivity index (χ4n) is 3.44. The quantitative estimate of drug-likeness (QED) is 0.459. The predicted molar refractivity (Wildman–Crippen MR) is 143 cm³/mol. The van der Waals surface area contributed by atoms with Crippen LogP contribution in [-0.2, 0) is 0 Å². The first-order valence-corrected chi connectivity index (χ1v) is 11.7. The first kappa shape index (κ1) is 26.7. The maximum Gasteiger partial charge on any atom is 0.345 e. The number of benzene rings is 1. The number of pyridine rings is 1. The van der Waals surface area contributed by atoms with Crippen molar-refractivity contribution in [2.75, 3.05) is 37.4 Å². The second kappa shape index (κ2) is 13.3. The number of likely N-dealkylation sites (tertiary alicyclic amines) is 1. The molecule has 1 aromatic carbocycles. The van der Waals surface area contributed by atoms with Crippen LogP contribution in [0.5, 0.6) is 0 Å². The van der Waals surface area contributed by atoms with Crippen LogP contribution in [0, 0.1) is 0 Å². The predicted octanol–water partition coefficient (Wildman–Crippen LogP) is 5.27. The van der Waals surface area contributed by atoms with Gasteiger partial charge in [-0.25, -0.2) is 9.78 Å².